The maximum atomic E-state index is 11.7. The van der Waals surface area contributed by atoms with Crippen LogP contribution in [-0.2, 0) is 4.79 Å². The first-order chi connectivity index (χ1) is 7.56. The number of rotatable bonds is 2. The molecule has 4 heteroatoms. The first-order valence-corrected chi connectivity index (χ1v) is 5.45. The maximum absolute atomic E-state index is 11.7. The highest BCUT2D eigenvalue weighted by molar-refractivity contribution is 5.86. The number of aryl methyl sites for hydroxylation is 1. The maximum Gasteiger partial charge on any atom is 0.244 e. The van der Waals surface area contributed by atoms with Gasteiger partial charge in [0.1, 0.15) is 6.04 Å². The fourth-order valence-electron chi connectivity index (χ4n) is 2.05. The summed E-state index contributed by atoms with van der Waals surface area (Å²) in [4.78, 5) is 13.5. The minimum atomic E-state index is -0.105. The minimum absolute atomic E-state index is 0.105. The molecule has 1 amide bonds. The highest BCUT2D eigenvalue weighted by atomic mass is 16.2. The quantitative estimate of drug-likeness (QED) is 0.735. The lowest BCUT2D eigenvalue weighted by Crippen LogP contribution is -2.30. The number of hydrogen-bond acceptors (Lipinski definition) is 3. The summed E-state index contributed by atoms with van der Waals surface area (Å²) in [7, 11) is 1.83. The summed E-state index contributed by atoms with van der Waals surface area (Å²) in [6, 6.07) is 5.67. The number of benzene rings is 1. The van der Waals surface area contributed by atoms with Crippen LogP contribution in [0.3, 0.4) is 0 Å². The first kappa shape index (κ1) is 10.8. The predicted molar refractivity (Wildman–Crippen MR) is 65.3 cm³/mol. The van der Waals surface area contributed by atoms with Crippen molar-refractivity contribution in [3.8, 4) is 0 Å². The summed E-state index contributed by atoms with van der Waals surface area (Å²) >= 11 is 0. The molecule has 1 saturated heterocycles. The van der Waals surface area contributed by atoms with E-state index in [0.29, 0.717) is 0 Å². The number of likely N-dealkylation sites (N-methyl/N-ethyl adjacent to an activating group) is 1. The molecule has 0 bridgehead atoms. The molecule has 16 heavy (non-hydrogen) atoms. The lowest BCUT2D eigenvalue weighted by Gasteiger charge is -2.14. The lowest BCUT2D eigenvalue weighted by atomic mass is 10.1. The molecule has 1 aromatic rings. The van der Waals surface area contributed by atoms with Gasteiger partial charge in [-0.1, -0.05) is 0 Å². The molecule has 86 valence electrons. The van der Waals surface area contributed by atoms with E-state index in [4.69, 9.17) is 5.73 Å². The number of amides is 1. The highest BCUT2D eigenvalue weighted by Crippen LogP contribution is 2.20. The van der Waals surface area contributed by atoms with Crippen molar-refractivity contribution < 1.29 is 4.79 Å². The smallest absolute Gasteiger partial charge is 0.244 e. The molecule has 4 nitrogen and oxygen atoms in total. The van der Waals surface area contributed by atoms with Gasteiger partial charge in [0.2, 0.25) is 5.91 Å². The number of nitrogen functional groups attached to an aromatic ring is 1. The summed E-state index contributed by atoms with van der Waals surface area (Å²) in [5.74, 6) is 0.153. The van der Waals surface area contributed by atoms with E-state index in [1.54, 1.807) is 4.90 Å². The van der Waals surface area contributed by atoms with Gasteiger partial charge in [0.25, 0.3) is 0 Å². The Labute approximate surface area is 95.4 Å². The fraction of sp³-hybridized carbons (Fsp3) is 0.417. The molecule has 3 N–H and O–H groups in total. The molecular formula is C12H17N3O. The van der Waals surface area contributed by atoms with Crippen LogP contribution in [0.25, 0.3) is 0 Å². The van der Waals surface area contributed by atoms with E-state index in [0.717, 1.165) is 29.9 Å². The van der Waals surface area contributed by atoms with E-state index in [1.165, 1.54) is 0 Å². The van der Waals surface area contributed by atoms with E-state index in [2.05, 4.69) is 5.32 Å². The lowest BCUT2D eigenvalue weighted by molar-refractivity contribution is -0.127. The average molecular weight is 219 g/mol. The van der Waals surface area contributed by atoms with Gasteiger partial charge in [0.15, 0.2) is 0 Å². The Hall–Kier alpha value is -1.71. The molecule has 0 aliphatic carbocycles. The normalized spacial score (nSPS) is 20.2. The van der Waals surface area contributed by atoms with E-state index >= 15 is 0 Å². The van der Waals surface area contributed by atoms with Gasteiger partial charge in [-0.25, -0.2) is 0 Å². The monoisotopic (exact) mass is 219 g/mol. The Morgan fingerprint density at radius 1 is 1.44 bits per heavy atom. The van der Waals surface area contributed by atoms with Crippen LogP contribution in [0.15, 0.2) is 18.2 Å². The van der Waals surface area contributed by atoms with Gasteiger partial charge in [-0.15, -0.1) is 0 Å². The van der Waals surface area contributed by atoms with Crippen LogP contribution in [0.4, 0.5) is 11.4 Å². The van der Waals surface area contributed by atoms with Crippen molar-refractivity contribution in [3.05, 3.63) is 23.8 Å². The third-order valence-electron chi connectivity index (χ3n) is 2.87. The van der Waals surface area contributed by atoms with Crippen molar-refractivity contribution in [1.82, 2.24) is 4.90 Å². The molecule has 1 heterocycles. The van der Waals surface area contributed by atoms with Crippen LogP contribution in [0.2, 0.25) is 0 Å². The summed E-state index contributed by atoms with van der Waals surface area (Å²) < 4.78 is 0. The summed E-state index contributed by atoms with van der Waals surface area (Å²) in [6.07, 6.45) is 0.850. The molecular weight excluding hydrogens is 202 g/mol. The SMILES string of the molecule is Cc1cc(N)cc(NC2CCN(C)C2=O)c1. The molecule has 1 fully saturated rings. The number of carbonyl (C=O) groups excluding carboxylic acids is 1. The molecule has 0 spiro atoms. The van der Waals surface area contributed by atoms with Gasteiger partial charge in [-0.2, -0.15) is 0 Å². The number of hydrogen-bond donors (Lipinski definition) is 2. The summed E-state index contributed by atoms with van der Waals surface area (Å²) in [6.45, 7) is 2.81. The van der Waals surface area contributed by atoms with E-state index in [9.17, 15) is 4.79 Å². The van der Waals surface area contributed by atoms with Gasteiger partial charge in [0.05, 0.1) is 0 Å². The molecule has 2 rings (SSSR count). The van der Waals surface area contributed by atoms with Crippen LogP contribution >= 0.6 is 0 Å². The van der Waals surface area contributed by atoms with Crippen LogP contribution in [-0.4, -0.2) is 30.4 Å². The van der Waals surface area contributed by atoms with Crippen molar-refractivity contribution >= 4 is 17.3 Å². The molecule has 0 radical (unpaired) electrons. The molecule has 1 unspecified atom stereocenters. The molecule has 1 aliphatic rings. The third-order valence-corrected chi connectivity index (χ3v) is 2.87. The van der Waals surface area contributed by atoms with Crippen molar-refractivity contribution in [2.45, 2.75) is 19.4 Å². The number of nitrogens with two attached hydrogens (primary N) is 1. The van der Waals surface area contributed by atoms with Crippen molar-refractivity contribution in [2.24, 2.45) is 0 Å². The van der Waals surface area contributed by atoms with Gasteiger partial charge in [-0.3, -0.25) is 4.79 Å². The number of carbonyl (C=O) groups is 1. The zero-order valence-electron chi connectivity index (χ0n) is 9.66. The van der Waals surface area contributed by atoms with Crippen LogP contribution < -0.4 is 11.1 Å². The Kier molecular flexibility index (Phi) is 2.73. The molecule has 1 aromatic carbocycles. The number of nitrogens with one attached hydrogen (secondary N) is 1. The van der Waals surface area contributed by atoms with Gasteiger partial charge < -0.3 is 16.0 Å². The second kappa shape index (κ2) is 4.04. The summed E-state index contributed by atoms with van der Waals surface area (Å²) in [5, 5.41) is 3.23. The van der Waals surface area contributed by atoms with E-state index in [-0.39, 0.29) is 11.9 Å². The highest BCUT2D eigenvalue weighted by Gasteiger charge is 2.28. The standard InChI is InChI=1S/C12H17N3O/c1-8-5-9(13)7-10(6-8)14-11-3-4-15(2)12(11)16/h5-7,11,14H,3-4,13H2,1-2H3. The largest absolute Gasteiger partial charge is 0.399 e. The van der Waals surface area contributed by atoms with Crippen LogP contribution in [0, 0.1) is 6.92 Å². The Morgan fingerprint density at radius 2 is 2.19 bits per heavy atom. The van der Waals surface area contributed by atoms with Crippen molar-refractivity contribution in [3.63, 3.8) is 0 Å². The van der Waals surface area contributed by atoms with Crippen LogP contribution in [0.5, 0.6) is 0 Å². The topological polar surface area (TPSA) is 58.4 Å². The molecule has 0 saturated carbocycles. The van der Waals surface area contributed by atoms with Gasteiger partial charge in [0, 0.05) is 25.0 Å². The van der Waals surface area contributed by atoms with E-state index < -0.39 is 0 Å². The Balaban J connectivity index is 2.12. The molecule has 1 aliphatic heterocycles. The number of likely N-dealkylation sites (tertiary alicyclic amines) is 1. The van der Waals surface area contributed by atoms with Crippen LogP contribution in [0.1, 0.15) is 12.0 Å². The second-order valence-electron chi connectivity index (χ2n) is 4.38. The second-order valence-corrected chi connectivity index (χ2v) is 4.38. The van der Waals surface area contributed by atoms with Crippen molar-refractivity contribution in [2.75, 3.05) is 24.6 Å². The number of anilines is 2. The Bertz CT molecular complexity index is 396. The van der Waals surface area contributed by atoms with Gasteiger partial charge >= 0.3 is 0 Å². The van der Waals surface area contributed by atoms with Gasteiger partial charge in [-0.05, 0) is 37.1 Å². The van der Waals surface area contributed by atoms with Crippen molar-refractivity contribution in [1.29, 1.82) is 0 Å². The zero-order chi connectivity index (χ0) is 11.7. The molecule has 1 atom stereocenters. The Morgan fingerprint density at radius 3 is 2.75 bits per heavy atom. The molecule has 0 aromatic heterocycles. The number of nitrogens with zero attached hydrogens (tertiary/aromatic N) is 1. The average Bonchev–Trinajstić information content (AvgIpc) is 2.48. The minimum Gasteiger partial charge on any atom is -0.399 e. The predicted octanol–water partition coefficient (Wildman–Crippen LogP) is 1.22. The fourth-order valence-corrected chi connectivity index (χ4v) is 2.05. The van der Waals surface area contributed by atoms with E-state index in [1.807, 2.05) is 32.2 Å². The summed E-state index contributed by atoms with van der Waals surface area (Å²) in [5.41, 5.74) is 8.50. The first-order valence-electron chi connectivity index (χ1n) is 5.45. The third kappa shape index (κ3) is 2.10. The zero-order valence-corrected chi connectivity index (χ0v) is 9.66.